The smallest absolute Gasteiger partial charge is 0.0159 e. The maximum Gasteiger partial charge on any atom is 0.0159 e. The minimum Gasteiger partial charge on any atom is -0.0619 e. The summed E-state index contributed by atoms with van der Waals surface area (Å²) in [6.45, 7) is 4.70. The quantitative estimate of drug-likeness (QED) is 0.185. The first-order valence-electron chi connectivity index (χ1n) is 15.9. The Morgan fingerprint density at radius 1 is 0.333 bits per heavy atom. The van der Waals surface area contributed by atoms with Gasteiger partial charge in [0.05, 0.1) is 0 Å². The molecule has 0 radical (unpaired) electrons. The van der Waals surface area contributed by atoms with Crippen molar-refractivity contribution >= 4 is 32.3 Å². The Bertz CT molecular complexity index is 2380. The van der Waals surface area contributed by atoms with Gasteiger partial charge in [-0.3, -0.25) is 0 Å². The Kier molecular flexibility index (Phi) is 5.64. The van der Waals surface area contributed by atoms with Crippen molar-refractivity contribution < 1.29 is 0 Å². The van der Waals surface area contributed by atoms with E-state index in [0.717, 1.165) is 0 Å². The second-order valence-corrected chi connectivity index (χ2v) is 12.9. The summed E-state index contributed by atoms with van der Waals surface area (Å²) in [6.07, 6.45) is 0. The minimum atomic E-state index is -0.00840. The maximum absolute atomic E-state index is 2.41. The monoisotopic (exact) mass is 572 g/mol. The van der Waals surface area contributed by atoms with Crippen LogP contribution in [0.2, 0.25) is 0 Å². The highest BCUT2D eigenvalue weighted by Crippen LogP contribution is 2.50. The summed E-state index contributed by atoms with van der Waals surface area (Å²) in [5, 5.41) is 7.68. The molecule has 0 heterocycles. The maximum atomic E-state index is 2.41. The van der Waals surface area contributed by atoms with E-state index < -0.39 is 0 Å². The third-order valence-corrected chi connectivity index (χ3v) is 10.1. The van der Waals surface area contributed by atoms with E-state index in [1.54, 1.807) is 0 Å². The zero-order valence-corrected chi connectivity index (χ0v) is 25.5. The lowest BCUT2D eigenvalue weighted by Gasteiger charge is -2.22. The predicted molar refractivity (Wildman–Crippen MR) is 193 cm³/mol. The highest BCUT2D eigenvalue weighted by atomic mass is 14.4. The van der Waals surface area contributed by atoms with Gasteiger partial charge in [-0.25, -0.2) is 0 Å². The Morgan fingerprint density at radius 2 is 0.822 bits per heavy atom. The molecule has 9 rings (SSSR count). The molecular weight excluding hydrogens is 540 g/mol. The molecular formula is C45H32. The first kappa shape index (κ1) is 26.0. The first-order chi connectivity index (χ1) is 22.1. The molecule has 1 aliphatic carbocycles. The Morgan fingerprint density at radius 3 is 1.53 bits per heavy atom. The van der Waals surface area contributed by atoms with E-state index in [0.29, 0.717) is 0 Å². The molecule has 0 aliphatic heterocycles. The van der Waals surface area contributed by atoms with Gasteiger partial charge >= 0.3 is 0 Å². The van der Waals surface area contributed by atoms with Gasteiger partial charge in [0.1, 0.15) is 0 Å². The van der Waals surface area contributed by atoms with E-state index in [9.17, 15) is 0 Å². The number of benzene rings is 8. The molecule has 0 fully saturated rings. The molecule has 0 N–H and O–H groups in total. The average molecular weight is 573 g/mol. The van der Waals surface area contributed by atoms with E-state index in [4.69, 9.17) is 0 Å². The fourth-order valence-electron chi connectivity index (χ4n) is 7.89. The summed E-state index contributed by atoms with van der Waals surface area (Å²) in [6, 6.07) is 58.4. The molecule has 1 aliphatic rings. The summed E-state index contributed by atoms with van der Waals surface area (Å²) < 4.78 is 0. The van der Waals surface area contributed by atoms with Crippen molar-refractivity contribution in [1.82, 2.24) is 0 Å². The number of fused-ring (bicyclic) bond motifs is 6. The molecule has 0 saturated carbocycles. The molecule has 45 heavy (non-hydrogen) atoms. The van der Waals surface area contributed by atoms with Crippen molar-refractivity contribution in [2.75, 3.05) is 0 Å². The normalized spacial score (nSPS) is 13.3. The van der Waals surface area contributed by atoms with Crippen molar-refractivity contribution in [2.24, 2.45) is 0 Å². The van der Waals surface area contributed by atoms with Crippen LogP contribution in [0, 0.1) is 0 Å². The Balaban J connectivity index is 1.21. The van der Waals surface area contributed by atoms with Gasteiger partial charge in [-0.15, -0.1) is 0 Å². The molecule has 0 spiro atoms. The van der Waals surface area contributed by atoms with Crippen molar-refractivity contribution in [3.05, 3.63) is 169 Å². The molecule has 8 aromatic rings. The average Bonchev–Trinajstić information content (AvgIpc) is 3.33. The van der Waals surface area contributed by atoms with Crippen molar-refractivity contribution in [1.29, 1.82) is 0 Å². The van der Waals surface area contributed by atoms with Crippen LogP contribution < -0.4 is 0 Å². The Labute approximate surface area is 264 Å². The largest absolute Gasteiger partial charge is 0.0619 e. The van der Waals surface area contributed by atoms with Crippen LogP contribution in [0.5, 0.6) is 0 Å². The zero-order chi connectivity index (χ0) is 30.1. The van der Waals surface area contributed by atoms with E-state index in [-0.39, 0.29) is 5.41 Å². The topological polar surface area (TPSA) is 0 Å². The lowest BCUT2D eigenvalue weighted by molar-refractivity contribution is 0.660. The zero-order valence-electron chi connectivity index (χ0n) is 25.5. The van der Waals surface area contributed by atoms with Crippen molar-refractivity contribution in [3.8, 4) is 44.5 Å². The van der Waals surface area contributed by atoms with Gasteiger partial charge in [0.2, 0.25) is 0 Å². The molecule has 0 atom stereocenters. The van der Waals surface area contributed by atoms with Crippen LogP contribution in [0.15, 0.2) is 158 Å². The molecule has 0 amide bonds. The fraction of sp³-hybridized carbons (Fsp3) is 0.0667. The van der Waals surface area contributed by atoms with Crippen molar-refractivity contribution in [3.63, 3.8) is 0 Å². The third kappa shape index (κ3) is 3.85. The molecule has 8 aromatic carbocycles. The van der Waals surface area contributed by atoms with Gasteiger partial charge in [0, 0.05) is 5.41 Å². The lowest BCUT2D eigenvalue weighted by atomic mass is 9.81. The summed E-state index contributed by atoms with van der Waals surface area (Å²) in [5.74, 6) is 0. The van der Waals surface area contributed by atoms with Gasteiger partial charge in [0.15, 0.2) is 0 Å². The molecule has 0 bridgehead atoms. The minimum absolute atomic E-state index is 0.00840. The summed E-state index contributed by atoms with van der Waals surface area (Å²) in [7, 11) is 0. The lowest BCUT2D eigenvalue weighted by Crippen LogP contribution is -2.14. The van der Waals surface area contributed by atoms with Gasteiger partial charge in [-0.1, -0.05) is 166 Å². The summed E-state index contributed by atoms with van der Waals surface area (Å²) in [4.78, 5) is 0. The highest BCUT2D eigenvalue weighted by Gasteiger charge is 2.35. The van der Waals surface area contributed by atoms with E-state index >= 15 is 0 Å². The van der Waals surface area contributed by atoms with E-state index in [2.05, 4.69) is 172 Å². The number of hydrogen-bond acceptors (Lipinski definition) is 0. The second-order valence-electron chi connectivity index (χ2n) is 12.9. The third-order valence-electron chi connectivity index (χ3n) is 10.1. The first-order valence-corrected chi connectivity index (χ1v) is 15.9. The van der Waals surface area contributed by atoms with Crippen LogP contribution in [0.25, 0.3) is 76.8 Å². The molecule has 212 valence electrons. The summed E-state index contributed by atoms with van der Waals surface area (Å²) >= 11 is 0. The van der Waals surface area contributed by atoms with Crippen LogP contribution in [-0.2, 0) is 5.41 Å². The van der Waals surface area contributed by atoms with Crippen LogP contribution in [-0.4, -0.2) is 0 Å². The van der Waals surface area contributed by atoms with Crippen LogP contribution >= 0.6 is 0 Å². The number of hydrogen-bond donors (Lipinski definition) is 0. The molecule has 0 heteroatoms. The van der Waals surface area contributed by atoms with Gasteiger partial charge in [-0.2, -0.15) is 0 Å². The standard InChI is InChI=1S/C45H32/c1-45(2)41-21-10-9-15-34(41)35-27-26-32(28-42(35)45)29-22-24-31(25-23-29)43-37-16-5-7-18-39(37)44(40-19-8-6-17-38(40)43)36-20-11-13-30-12-3-4-14-33(30)36/h3-28H,1-2H3. The van der Waals surface area contributed by atoms with Gasteiger partial charge in [-0.05, 0) is 94.0 Å². The van der Waals surface area contributed by atoms with Gasteiger partial charge < -0.3 is 0 Å². The van der Waals surface area contributed by atoms with E-state index in [1.165, 1.54) is 88.0 Å². The van der Waals surface area contributed by atoms with Crippen LogP contribution in [0.3, 0.4) is 0 Å². The van der Waals surface area contributed by atoms with Crippen LogP contribution in [0.1, 0.15) is 25.0 Å². The fourth-order valence-corrected chi connectivity index (χ4v) is 7.89. The highest BCUT2D eigenvalue weighted by molar-refractivity contribution is 6.23. The molecule has 0 unspecified atom stereocenters. The van der Waals surface area contributed by atoms with Crippen LogP contribution in [0.4, 0.5) is 0 Å². The Hall–Kier alpha value is -5.46. The number of rotatable bonds is 3. The molecule has 0 aromatic heterocycles. The van der Waals surface area contributed by atoms with Gasteiger partial charge in [0.25, 0.3) is 0 Å². The SMILES string of the molecule is CC1(C)c2ccccc2-c2ccc(-c3ccc(-c4c5ccccc5c(-c5cccc6ccccc56)c5ccccc45)cc3)cc21. The predicted octanol–water partition coefficient (Wildman–Crippen LogP) is 12.5. The summed E-state index contributed by atoms with van der Waals surface area (Å²) in [5.41, 5.74) is 13.2. The van der Waals surface area contributed by atoms with E-state index in [1.807, 2.05) is 0 Å². The molecule has 0 saturated heterocycles. The second kappa shape index (κ2) is 9.78. The van der Waals surface area contributed by atoms with Crippen molar-refractivity contribution in [2.45, 2.75) is 19.3 Å². The molecule has 0 nitrogen and oxygen atoms in total.